The summed E-state index contributed by atoms with van der Waals surface area (Å²) < 4.78 is 10.8. The number of nitrogens with zero attached hydrogens (tertiary/aromatic N) is 2. The quantitative estimate of drug-likeness (QED) is 0.355. The predicted molar refractivity (Wildman–Crippen MR) is 137 cm³/mol. The van der Waals surface area contributed by atoms with Crippen molar-refractivity contribution in [1.82, 2.24) is 15.3 Å². The van der Waals surface area contributed by atoms with Gasteiger partial charge in [-0.1, -0.05) is 31.9 Å². The number of unbranched alkanes of at least 4 members (excludes halogenated alkanes) is 1. The standard InChI is InChI=1S/C26H35N5O3/c1-6-7-14-26(3,17-28-18(2)32)31-24-21-10-8-9-11-22(21)29-25(30-24)27-16-19-12-13-20(33-4)15-23(19)34-5/h8-13,15H,6-7,14,16-17H2,1-5H3,(H,28,32)(H2,27,29,30,31). The molecule has 1 heterocycles. The number of nitrogens with one attached hydrogen (secondary N) is 3. The van der Waals surface area contributed by atoms with E-state index in [1.807, 2.05) is 42.5 Å². The summed E-state index contributed by atoms with van der Waals surface area (Å²) >= 11 is 0. The second-order valence-corrected chi connectivity index (χ2v) is 8.64. The maximum Gasteiger partial charge on any atom is 0.225 e. The molecule has 8 heteroatoms. The summed E-state index contributed by atoms with van der Waals surface area (Å²) in [5.41, 5.74) is 1.45. The number of amides is 1. The first-order valence-electron chi connectivity index (χ1n) is 11.6. The van der Waals surface area contributed by atoms with E-state index in [4.69, 9.17) is 19.4 Å². The van der Waals surface area contributed by atoms with Gasteiger partial charge in [-0.3, -0.25) is 4.79 Å². The Morgan fingerprint density at radius 3 is 2.59 bits per heavy atom. The largest absolute Gasteiger partial charge is 0.497 e. The summed E-state index contributed by atoms with van der Waals surface area (Å²) in [5.74, 6) is 2.66. The van der Waals surface area contributed by atoms with Crippen molar-refractivity contribution in [2.75, 3.05) is 31.4 Å². The van der Waals surface area contributed by atoms with Gasteiger partial charge in [0, 0.05) is 37.0 Å². The molecule has 1 amide bonds. The van der Waals surface area contributed by atoms with Crippen molar-refractivity contribution >= 4 is 28.6 Å². The van der Waals surface area contributed by atoms with E-state index in [1.165, 1.54) is 6.92 Å². The van der Waals surface area contributed by atoms with Gasteiger partial charge in [0.05, 0.1) is 25.3 Å². The number of methoxy groups -OCH3 is 2. The summed E-state index contributed by atoms with van der Waals surface area (Å²) in [5, 5.41) is 10.8. The van der Waals surface area contributed by atoms with Crippen LogP contribution in [0.15, 0.2) is 42.5 Å². The summed E-state index contributed by atoms with van der Waals surface area (Å²) in [6.07, 6.45) is 3.00. The Morgan fingerprint density at radius 1 is 1.09 bits per heavy atom. The number of anilines is 2. The second kappa shape index (κ2) is 11.5. The van der Waals surface area contributed by atoms with Crippen LogP contribution in [-0.2, 0) is 11.3 Å². The Bertz CT molecular complexity index is 1120. The van der Waals surface area contributed by atoms with Crippen molar-refractivity contribution in [2.45, 2.75) is 52.1 Å². The van der Waals surface area contributed by atoms with Gasteiger partial charge < -0.3 is 25.4 Å². The Kier molecular flexibility index (Phi) is 8.51. The molecular weight excluding hydrogens is 430 g/mol. The number of hydrogen-bond donors (Lipinski definition) is 3. The van der Waals surface area contributed by atoms with E-state index in [0.29, 0.717) is 19.0 Å². The van der Waals surface area contributed by atoms with Gasteiger partial charge in [-0.25, -0.2) is 4.98 Å². The maximum absolute atomic E-state index is 11.6. The molecule has 34 heavy (non-hydrogen) atoms. The predicted octanol–water partition coefficient (Wildman–Crippen LogP) is 4.76. The smallest absolute Gasteiger partial charge is 0.225 e. The number of benzene rings is 2. The first-order chi connectivity index (χ1) is 16.4. The Morgan fingerprint density at radius 2 is 1.88 bits per heavy atom. The lowest BCUT2D eigenvalue weighted by Crippen LogP contribution is -2.46. The summed E-state index contributed by atoms with van der Waals surface area (Å²) in [6, 6.07) is 13.6. The lowest BCUT2D eigenvalue weighted by atomic mass is 9.94. The number of carbonyl (C=O) groups is 1. The van der Waals surface area contributed by atoms with Crippen LogP contribution in [0, 0.1) is 0 Å². The van der Waals surface area contributed by atoms with Crippen LogP contribution in [0.5, 0.6) is 11.5 Å². The van der Waals surface area contributed by atoms with E-state index in [9.17, 15) is 4.79 Å². The minimum Gasteiger partial charge on any atom is -0.497 e. The molecule has 182 valence electrons. The highest BCUT2D eigenvalue weighted by molar-refractivity contribution is 5.90. The molecule has 2 aromatic carbocycles. The van der Waals surface area contributed by atoms with Crippen molar-refractivity contribution in [3.63, 3.8) is 0 Å². The molecule has 0 aliphatic rings. The van der Waals surface area contributed by atoms with Crippen molar-refractivity contribution < 1.29 is 14.3 Å². The third-order valence-electron chi connectivity index (χ3n) is 5.76. The summed E-state index contributed by atoms with van der Waals surface area (Å²) in [4.78, 5) is 21.1. The fraction of sp³-hybridized carbons (Fsp3) is 0.423. The normalized spacial score (nSPS) is 12.6. The number of carbonyl (C=O) groups excluding carboxylic acids is 1. The summed E-state index contributed by atoms with van der Waals surface area (Å²) in [7, 11) is 3.27. The van der Waals surface area contributed by atoms with Crippen LogP contribution in [0.25, 0.3) is 10.9 Å². The maximum atomic E-state index is 11.6. The average molecular weight is 466 g/mol. The lowest BCUT2D eigenvalue weighted by molar-refractivity contribution is -0.119. The van der Waals surface area contributed by atoms with E-state index in [0.717, 1.165) is 53.0 Å². The summed E-state index contributed by atoms with van der Waals surface area (Å²) in [6.45, 7) is 6.81. The minimum atomic E-state index is -0.352. The Labute approximate surface area is 201 Å². The molecule has 1 aromatic heterocycles. The highest BCUT2D eigenvalue weighted by Gasteiger charge is 2.25. The highest BCUT2D eigenvalue weighted by Crippen LogP contribution is 2.28. The fourth-order valence-electron chi connectivity index (χ4n) is 3.79. The molecule has 0 spiro atoms. The van der Waals surface area contributed by atoms with Crippen LogP contribution in [0.4, 0.5) is 11.8 Å². The lowest BCUT2D eigenvalue weighted by Gasteiger charge is -2.32. The van der Waals surface area contributed by atoms with Crippen LogP contribution < -0.4 is 25.4 Å². The van der Waals surface area contributed by atoms with Crippen molar-refractivity contribution in [2.24, 2.45) is 0 Å². The zero-order valence-electron chi connectivity index (χ0n) is 20.7. The Hall–Kier alpha value is -3.55. The van der Waals surface area contributed by atoms with Crippen molar-refractivity contribution in [3.05, 3.63) is 48.0 Å². The molecule has 0 aliphatic carbocycles. The molecule has 3 N–H and O–H groups in total. The molecule has 0 saturated carbocycles. The Balaban J connectivity index is 1.89. The molecule has 8 nitrogen and oxygen atoms in total. The zero-order valence-corrected chi connectivity index (χ0v) is 20.7. The number of fused-ring (bicyclic) bond motifs is 1. The zero-order chi connectivity index (χ0) is 24.6. The number of para-hydroxylation sites is 1. The van der Waals surface area contributed by atoms with Gasteiger partial charge in [0.25, 0.3) is 0 Å². The first-order valence-corrected chi connectivity index (χ1v) is 11.6. The van der Waals surface area contributed by atoms with Gasteiger partial charge in [0.15, 0.2) is 0 Å². The molecule has 0 saturated heterocycles. The van der Waals surface area contributed by atoms with Crippen molar-refractivity contribution in [3.8, 4) is 11.5 Å². The van der Waals surface area contributed by atoms with Gasteiger partial charge in [-0.2, -0.15) is 4.98 Å². The van der Waals surface area contributed by atoms with Gasteiger partial charge >= 0.3 is 0 Å². The van der Waals surface area contributed by atoms with Crippen molar-refractivity contribution in [1.29, 1.82) is 0 Å². The molecule has 0 radical (unpaired) electrons. The van der Waals surface area contributed by atoms with Gasteiger partial charge in [0.1, 0.15) is 17.3 Å². The molecule has 1 unspecified atom stereocenters. The fourth-order valence-corrected chi connectivity index (χ4v) is 3.79. The van der Waals surface area contributed by atoms with E-state index in [2.05, 4.69) is 29.8 Å². The number of rotatable bonds is 12. The molecular formula is C26H35N5O3. The third-order valence-corrected chi connectivity index (χ3v) is 5.76. The topological polar surface area (TPSA) is 97.4 Å². The molecule has 1 atom stereocenters. The highest BCUT2D eigenvalue weighted by atomic mass is 16.5. The van der Waals surface area contributed by atoms with Gasteiger partial charge in [-0.05, 0) is 37.6 Å². The monoisotopic (exact) mass is 465 g/mol. The minimum absolute atomic E-state index is 0.0483. The number of aromatic nitrogens is 2. The van der Waals surface area contributed by atoms with E-state index in [1.54, 1.807) is 14.2 Å². The SMILES string of the molecule is CCCCC(C)(CNC(C)=O)Nc1nc(NCc2ccc(OC)cc2OC)nc2ccccc12. The second-order valence-electron chi connectivity index (χ2n) is 8.64. The van der Waals surface area contributed by atoms with Gasteiger partial charge in [-0.15, -0.1) is 0 Å². The van der Waals surface area contributed by atoms with E-state index in [-0.39, 0.29) is 11.4 Å². The molecule has 0 fully saturated rings. The van der Waals surface area contributed by atoms with Crippen LogP contribution in [0.1, 0.15) is 45.6 Å². The number of hydrogen-bond acceptors (Lipinski definition) is 7. The van der Waals surface area contributed by atoms with Crippen LogP contribution in [0.2, 0.25) is 0 Å². The number of ether oxygens (including phenoxy) is 2. The van der Waals surface area contributed by atoms with Gasteiger partial charge in [0.2, 0.25) is 11.9 Å². The molecule has 3 rings (SSSR count). The first kappa shape index (κ1) is 25.1. The molecule has 0 aliphatic heterocycles. The van der Waals surface area contributed by atoms with E-state index >= 15 is 0 Å². The molecule has 0 bridgehead atoms. The van der Waals surface area contributed by atoms with Crippen LogP contribution in [0.3, 0.4) is 0 Å². The van der Waals surface area contributed by atoms with E-state index < -0.39 is 0 Å². The third kappa shape index (κ3) is 6.50. The average Bonchev–Trinajstić information content (AvgIpc) is 2.85. The van der Waals surface area contributed by atoms with Crippen LogP contribution >= 0.6 is 0 Å². The van der Waals surface area contributed by atoms with Crippen LogP contribution in [-0.4, -0.2) is 42.2 Å². The molecule has 3 aromatic rings.